The van der Waals surface area contributed by atoms with E-state index in [-0.39, 0.29) is 0 Å². The molecule has 0 amide bonds. The number of aliphatic imine (C=N–C) groups is 2. The summed E-state index contributed by atoms with van der Waals surface area (Å²) in [7, 11) is 0. The van der Waals surface area contributed by atoms with E-state index in [1.165, 1.54) is 27.6 Å². The highest BCUT2D eigenvalue weighted by Gasteiger charge is 2.22. The summed E-state index contributed by atoms with van der Waals surface area (Å²) in [5.74, 6) is 2.03. The average Bonchev–Trinajstić information content (AvgIpc) is 3.24. The van der Waals surface area contributed by atoms with Gasteiger partial charge in [0.05, 0.1) is 11.2 Å². The van der Waals surface area contributed by atoms with Crippen LogP contribution in [0.5, 0.6) is 0 Å². The van der Waals surface area contributed by atoms with E-state index in [4.69, 9.17) is 15.0 Å². The number of pyridine rings is 1. The molecule has 5 nitrogen and oxygen atoms in total. The Bertz CT molecular complexity index is 2490. The smallest absolute Gasteiger partial charge is 0.169 e. The van der Waals surface area contributed by atoms with Gasteiger partial charge in [0.25, 0.3) is 0 Å². The van der Waals surface area contributed by atoms with E-state index in [2.05, 4.69) is 146 Å². The van der Waals surface area contributed by atoms with E-state index in [1.54, 1.807) is 0 Å². The fourth-order valence-corrected chi connectivity index (χ4v) is 7.30. The van der Waals surface area contributed by atoms with Gasteiger partial charge >= 0.3 is 0 Å². The third-order valence-electron chi connectivity index (χ3n) is 10.1. The summed E-state index contributed by atoms with van der Waals surface area (Å²) < 4.78 is 0. The molecule has 0 saturated heterocycles. The van der Waals surface area contributed by atoms with Gasteiger partial charge in [-0.2, -0.15) is 0 Å². The SMILES string of the molecule is CC(C)c1cccc(-c2cc(-c3ccc(-c4nc5ccccc5c5c4CNC=C5)cc3)cc(C3N=C(c4ccccc4)NC(c4ccccc4)=N3)c2)c1. The first kappa shape index (κ1) is 32.3. The first-order chi connectivity index (χ1) is 26.1. The molecule has 53 heavy (non-hydrogen) atoms. The fraction of sp³-hybridized carbons (Fsp3) is 0.104. The topological polar surface area (TPSA) is 61.7 Å². The summed E-state index contributed by atoms with van der Waals surface area (Å²) in [5, 5.41) is 8.12. The van der Waals surface area contributed by atoms with Crippen molar-refractivity contribution in [2.45, 2.75) is 32.5 Å². The highest BCUT2D eigenvalue weighted by Crippen LogP contribution is 2.37. The van der Waals surface area contributed by atoms with Crippen molar-refractivity contribution in [2.24, 2.45) is 9.98 Å². The molecule has 2 N–H and O–H groups in total. The first-order valence-corrected chi connectivity index (χ1v) is 18.3. The Kier molecular flexibility index (Phi) is 8.45. The summed E-state index contributed by atoms with van der Waals surface area (Å²) in [6.07, 6.45) is 3.76. The Morgan fingerprint density at radius 1 is 0.566 bits per heavy atom. The highest BCUT2D eigenvalue weighted by atomic mass is 15.2. The number of aromatic nitrogens is 1. The zero-order chi connectivity index (χ0) is 35.7. The standard InChI is InChI=1S/C48H39N5/c1-31(2)36-16-11-17-37(26-36)39-27-38(32-20-22-33(23-21-32)45-43-30-49-25-24-41(43)42-18-9-10-19-44(42)50-45)28-40(29-39)48-52-46(34-12-5-3-6-13-34)51-47(53-48)35-14-7-4-8-15-35/h3-29,31,48-49H,30H2,1-2H3,(H,51,52,53). The van der Waals surface area contributed by atoms with Crippen LogP contribution in [-0.2, 0) is 6.54 Å². The van der Waals surface area contributed by atoms with Gasteiger partial charge in [0.2, 0.25) is 0 Å². The van der Waals surface area contributed by atoms with Crippen LogP contribution in [0, 0.1) is 0 Å². The van der Waals surface area contributed by atoms with Crippen molar-refractivity contribution < 1.29 is 0 Å². The number of rotatable bonds is 7. The molecule has 0 bridgehead atoms. The van der Waals surface area contributed by atoms with E-state index < -0.39 is 6.17 Å². The maximum absolute atomic E-state index is 5.23. The predicted octanol–water partition coefficient (Wildman–Crippen LogP) is 10.9. The second-order valence-electron chi connectivity index (χ2n) is 14.0. The molecule has 2 aliphatic rings. The molecule has 0 atom stereocenters. The average molecular weight is 686 g/mol. The Hall–Kier alpha value is -6.59. The van der Waals surface area contributed by atoms with Crippen LogP contribution in [0.3, 0.4) is 0 Å². The molecule has 1 aromatic heterocycles. The summed E-state index contributed by atoms with van der Waals surface area (Å²) in [6.45, 7) is 5.23. The summed E-state index contributed by atoms with van der Waals surface area (Å²) >= 11 is 0. The molecule has 3 heterocycles. The zero-order valence-electron chi connectivity index (χ0n) is 29.8. The quantitative estimate of drug-likeness (QED) is 0.176. The lowest BCUT2D eigenvalue weighted by atomic mass is 9.91. The summed E-state index contributed by atoms with van der Waals surface area (Å²) in [5.41, 5.74) is 14.5. The molecule has 0 saturated carbocycles. The molecule has 256 valence electrons. The number of hydrogen-bond acceptors (Lipinski definition) is 5. The molecule has 2 aliphatic heterocycles. The van der Waals surface area contributed by atoms with Crippen LogP contribution < -0.4 is 10.6 Å². The molecule has 0 spiro atoms. The first-order valence-electron chi connectivity index (χ1n) is 18.3. The number of amidine groups is 2. The molecular weight excluding hydrogens is 647 g/mol. The van der Waals surface area contributed by atoms with Gasteiger partial charge in [0.15, 0.2) is 6.17 Å². The molecule has 0 radical (unpaired) electrons. The van der Waals surface area contributed by atoms with Crippen LogP contribution >= 0.6 is 0 Å². The van der Waals surface area contributed by atoms with Crippen molar-refractivity contribution in [1.29, 1.82) is 0 Å². The third kappa shape index (κ3) is 6.42. The van der Waals surface area contributed by atoms with Crippen molar-refractivity contribution in [1.82, 2.24) is 15.6 Å². The van der Waals surface area contributed by atoms with Crippen molar-refractivity contribution in [3.63, 3.8) is 0 Å². The Labute approximate surface area is 310 Å². The number of fused-ring (bicyclic) bond motifs is 3. The zero-order valence-corrected chi connectivity index (χ0v) is 29.8. The van der Waals surface area contributed by atoms with Crippen molar-refractivity contribution in [3.8, 4) is 33.5 Å². The number of nitrogens with one attached hydrogen (secondary N) is 2. The highest BCUT2D eigenvalue weighted by molar-refractivity contribution is 6.15. The number of para-hydroxylation sites is 1. The van der Waals surface area contributed by atoms with Crippen LogP contribution in [-0.4, -0.2) is 16.7 Å². The van der Waals surface area contributed by atoms with Crippen LogP contribution in [0.1, 0.15) is 59.3 Å². The van der Waals surface area contributed by atoms with Crippen LogP contribution in [0.25, 0.3) is 50.5 Å². The minimum atomic E-state index is -0.443. The second-order valence-corrected chi connectivity index (χ2v) is 14.0. The molecule has 7 aromatic rings. The number of hydrogen-bond donors (Lipinski definition) is 2. The van der Waals surface area contributed by atoms with Gasteiger partial charge in [-0.05, 0) is 81.4 Å². The summed E-state index contributed by atoms with van der Waals surface area (Å²) in [6, 6.07) is 53.6. The van der Waals surface area contributed by atoms with Crippen molar-refractivity contribution in [2.75, 3.05) is 0 Å². The molecule has 6 aromatic carbocycles. The minimum absolute atomic E-state index is 0.422. The van der Waals surface area contributed by atoms with Crippen LogP contribution in [0.15, 0.2) is 168 Å². The predicted molar refractivity (Wildman–Crippen MR) is 220 cm³/mol. The maximum Gasteiger partial charge on any atom is 0.169 e. The summed E-state index contributed by atoms with van der Waals surface area (Å²) in [4.78, 5) is 15.6. The largest absolute Gasteiger partial charge is 0.387 e. The van der Waals surface area contributed by atoms with E-state index in [0.29, 0.717) is 5.92 Å². The molecule has 0 unspecified atom stereocenters. The molecule has 0 fully saturated rings. The van der Waals surface area contributed by atoms with E-state index in [9.17, 15) is 0 Å². The maximum atomic E-state index is 5.23. The van der Waals surface area contributed by atoms with E-state index >= 15 is 0 Å². The molecule has 0 aliphatic carbocycles. The van der Waals surface area contributed by atoms with Crippen LogP contribution in [0.2, 0.25) is 0 Å². The van der Waals surface area contributed by atoms with E-state index in [1.807, 2.05) is 42.6 Å². The lowest BCUT2D eigenvalue weighted by Gasteiger charge is -2.23. The molecule has 5 heteroatoms. The lowest BCUT2D eigenvalue weighted by Crippen LogP contribution is -2.36. The second kappa shape index (κ2) is 13.9. The Balaban J connectivity index is 1.18. The Morgan fingerprint density at radius 3 is 1.89 bits per heavy atom. The fourth-order valence-electron chi connectivity index (χ4n) is 7.30. The van der Waals surface area contributed by atoms with Gasteiger partial charge in [0.1, 0.15) is 11.7 Å². The van der Waals surface area contributed by atoms with Gasteiger partial charge < -0.3 is 10.6 Å². The van der Waals surface area contributed by atoms with Gasteiger partial charge in [-0.25, -0.2) is 15.0 Å². The normalized spacial score (nSPS) is 13.9. The third-order valence-corrected chi connectivity index (χ3v) is 10.1. The Morgan fingerprint density at radius 2 is 1.19 bits per heavy atom. The molecular formula is C48H39N5. The van der Waals surface area contributed by atoms with Gasteiger partial charge in [-0.3, -0.25) is 0 Å². The lowest BCUT2D eigenvalue weighted by molar-refractivity contribution is 0.756. The number of nitrogens with zero attached hydrogens (tertiary/aromatic N) is 3. The van der Waals surface area contributed by atoms with Gasteiger partial charge in [0, 0.05) is 34.2 Å². The number of benzene rings is 6. The molecule has 9 rings (SSSR count). The van der Waals surface area contributed by atoms with Gasteiger partial charge in [-0.15, -0.1) is 0 Å². The van der Waals surface area contributed by atoms with Crippen molar-refractivity contribution >= 4 is 28.7 Å². The van der Waals surface area contributed by atoms with Gasteiger partial charge in [-0.1, -0.05) is 141 Å². The van der Waals surface area contributed by atoms with Crippen molar-refractivity contribution in [3.05, 3.63) is 191 Å². The van der Waals surface area contributed by atoms with E-state index in [0.717, 1.165) is 68.4 Å². The van der Waals surface area contributed by atoms with Crippen LogP contribution in [0.4, 0.5) is 0 Å². The monoisotopic (exact) mass is 685 g/mol. The minimum Gasteiger partial charge on any atom is -0.387 e.